The van der Waals surface area contributed by atoms with Gasteiger partial charge in [0.05, 0.1) is 5.56 Å². The zero-order valence-corrected chi connectivity index (χ0v) is 12.1. The van der Waals surface area contributed by atoms with Crippen LogP contribution in [0.3, 0.4) is 0 Å². The fourth-order valence-electron chi connectivity index (χ4n) is 2.33. The molecule has 22 heavy (non-hydrogen) atoms. The zero-order chi connectivity index (χ0) is 15.5. The molecule has 0 saturated heterocycles. The molecule has 2 heterocycles. The van der Waals surface area contributed by atoms with E-state index in [1.165, 1.54) is 0 Å². The third-order valence-corrected chi connectivity index (χ3v) is 3.39. The minimum atomic E-state index is -0.263. The van der Waals surface area contributed by atoms with Crippen LogP contribution in [-0.2, 0) is 0 Å². The molecule has 0 spiro atoms. The summed E-state index contributed by atoms with van der Waals surface area (Å²) in [5.41, 5.74) is 1.41. The van der Waals surface area contributed by atoms with E-state index in [0.717, 1.165) is 12.1 Å². The van der Waals surface area contributed by atoms with E-state index in [9.17, 15) is 10.1 Å². The standard InChI is InChI=1S/C16H15N3O3/c1-2-6-18-16(20)15-11(9-17)5-7-19(15)12-3-4-13-14(8-12)22-10-21-13/h3-5,7-8H,2,6,10H2,1H3,(H,18,20). The molecule has 6 heteroatoms. The van der Waals surface area contributed by atoms with Crippen molar-refractivity contribution in [2.24, 2.45) is 0 Å². The Bertz CT molecular complexity index is 758. The Morgan fingerprint density at radius 2 is 2.18 bits per heavy atom. The number of carbonyl (C=O) groups excluding carboxylic acids is 1. The van der Waals surface area contributed by atoms with E-state index in [4.69, 9.17) is 9.47 Å². The summed E-state index contributed by atoms with van der Waals surface area (Å²) in [6.07, 6.45) is 2.54. The molecule has 0 fully saturated rings. The molecule has 1 aromatic heterocycles. The highest BCUT2D eigenvalue weighted by molar-refractivity contribution is 5.95. The molecule has 1 aliphatic heterocycles. The van der Waals surface area contributed by atoms with Crippen LogP contribution in [-0.4, -0.2) is 23.8 Å². The summed E-state index contributed by atoms with van der Waals surface area (Å²) in [5.74, 6) is 1.04. The van der Waals surface area contributed by atoms with Crippen LogP contribution in [0.5, 0.6) is 11.5 Å². The minimum absolute atomic E-state index is 0.192. The Hall–Kier alpha value is -2.94. The van der Waals surface area contributed by atoms with Crippen LogP contribution in [0.25, 0.3) is 5.69 Å². The van der Waals surface area contributed by atoms with E-state index in [2.05, 4.69) is 11.4 Å². The first-order valence-electron chi connectivity index (χ1n) is 7.04. The molecule has 0 aliphatic carbocycles. The predicted molar refractivity (Wildman–Crippen MR) is 79.2 cm³/mol. The van der Waals surface area contributed by atoms with Gasteiger partial charge in [-0.05, 0) is 24.6 Å². The number of amides is 1. The first-order chi connectivity index (χ1) is 10.7. The van der Waals surface area contributed by atoms with Crippen molar-refractivity contribution < 1.29 is 14.3 Å². The maximum atomic E-state index is 12.3. The lowest BCUT2D eigenvalue weighted by Gasteiger charge is -2.10. The van der Waals surface area contributed by atoms with Crippen molar-refractivity contribution in [1.29, 1.82) is 5.26 Å². The number of hydrogen-bond acceptors (Lipinski definition) is 4. The van der Waals surface area contributed by atoms with Crippen LogP contribution in [0, 0.1) is 11.3 Å². The number of rotatable bonds is 4. The van der Waals surface area contributed by atoms with Crippen molar-refractivity contribution in [3.05, 3.63) is 41.7 Å². The normalized spacial score (nSPS) is 12.0. The first kappa shape index (κ1) is 14.0. The van der Waals surface area contributed by atoms with E-state index in [0.29, 0.717) is 29.3 Å². The minimum Gasteiger partial charge on any atom is -0.454 e. The first-order valence-corrected chi connectivity index (χ1v) is 7.04. The lowest BCUT2D eigenvalue weighted by Crippen LogP contribution is -2.27. The van der Waals surface area contributed by atoms with Gasteiger partial charge in [-0.3, -0.25) is 4.79 Å². The van der Waals surface area contributed by atoms with E-state index in [-0.39, 0.29) is 12.7 Å². The lowest BCUT2D eigenvalue weighted by molar-refractivity contribution is 0.0946. The van der Waals surface area contributed by atoms with Gasteiger partial charge in [0.25, 0.3) is 5.91 Å². The van der Waals surface area contributed by atoms with E-state index in [1.54, 1.807) is 29.0 Å². The number of nitrogens with one attached hydrogen (secondary N) is 1. The average Bonchev–Trinajstić information content (AvgIpc) is 3.17. The predicted octanol–water partition coefficient (Wildman–Crippen LogP) is 2.22. The molecule has 0 unspecified atom stereocenters. The number of hydrogen-bond donors (Lipinski definition) is 1. The van der Waals surface area contributed by atoms with Gasteiger partial charge < -0.3 is 19.4 Å². The monoisotopic (exact) mass is 297 g/mol. The van der Waals surface area contributed by atoms with Gasteiger partial charge in [-0.1, -0.05) is 6.92 Å². The molecule has 1 N–H and O–H groups in total. The number of carbonyl (C=O) groups is 1. The highest BCUT2D eigenvalue weighted by Gasteiger charge is 2.20. The molecule has 2 aromatic rings. The third-order valence-electron chi connectivity index (χ3n) is 3.39. The molecule has 6 nitrogen and oxygen atoms in total. The van der Waals surface area contributed by atoms with E-state index >= 15 is 0 Å². The van der Waals surface area contributed by atoms with Gasteiger partial charge in [0.15, 0.2) is 11.5 Å². The number of benzene rings is 1. The topological polar surface area (TPSA) is 76.3 Å². The highest BCUT2D eigenvalue weighted by atomic mass is 16.7. The second-order valence-electron chi connectivity index (χ2n) is 4.85. The molecule has 0 bridgehead atoms. The fourth-order valence-corrected chi connectivity index (χ4v) is 2.33. The quantitative estimate of drug-likeness (QED) is 0.938. The number of aromatic nitrogens is 1. The van der Waals surface area contributed by atoms with Crippen LogP contribution in [0.15, 0.2) is 30.5 Å². The van der Waals surface area contributed by atoms with Crippen LogP contribution >= 0.6 is 0 Å². The van der Waals surface area contributed by atoms with E-state index < -0.39 is 0 Å². The summed E-state index contributed by atoms with van der Waals surface area (Å²) >= 11 is 0. The summed E-state index contributed by atoms with van der Waals surface area (Å²) in [5, 5.41) is 12.0. The molecule has 0 atom stereocenters. The Kier molecular flexibility index (Phi) is 3.71. The number of fused-ring (bicyclic) bond motifs is 1. The molecule has 0 radical (unpaired) electrons. The van der Waals surface area contributed by atoms with Crippen molar-refractivity contribution in [2.75, 3.05) is 13.3 Å². The van der Waals surface area contributed by atoms with Gasteiger partial charge >= 0.3 is 0 Å². The Labute approximate surface area is 127 Å². The number of ether oxygens (including phenoxy) is 2. The molecule has 1 amide bonds. The van der Waals surface area contributed by atoms with Crippen molar-refractivity contribution >= 4 is 5.91 Å². The molecule has 0 saturated carbocycles. The summed E-state index contributed by atoms with van der Waals surface area (Å²) in [6.45, 7) is 2.73. The van der Waals surface area contributed by atoms with Crippen molar-refractivity contribution in [3.8, 4) is 23.3 Å². The van der Waals surface area contributed by atoms with Gasteiger partial charge in [-0.25, -0.2) is 0 Å². The van der Waals surface area contributed by atoms with Gasteiger partial charge in [-0.15, -0.1) is 0 Å². The Morgan fingerprint density at radius 1 is 1.36 bits per heavy atom. The average molecular weight is 297 g/mol. The van der Waals surface area contributed by atoms with Gasteiger partial charge in [0, 0.05) is 24.5 Å². The largest absolute Gasteiger partial charge is 0.454 e. The smallest absolute Gasteiger partial charge is 0.269 e. The van der Waals surface area contributed by atoms with Gasteiger partial charge in [0.1, 0.15) is 11.8 Å². The summed E-state index contributed by atoms with van der Waals surface area (Å²) < 4.78 is 12.3. The Balaban J connectivity index is 2.02. The third kappa shape index (κ3) is 2.37. The SMILES string of the molecule is CCCNC(=O)c1c(C#N)ccn1-c1ccc2c(c1)OCO2. The van der Waals surface area contributed by atoms with Crippen LogP contribution < -0.4 is 14.8 Å². The summed E-state index contributed by atoms with van der Waals surface area (Å²) in [6, 6.07) is 9.09. The zero-order valence-electron chi connectivity index (χ0n) is 12.1. The molecular formula is C16H15N3O3. The lowest BCUT2D eigenvalue weighted by atomic mass is 10.2. The van der Waals surface area contributed by atoms with Crippen LogP contribution in [0.1, 0.15) is 29.4 Å². The maximum Gasteiger partial charge on any atom is 0.269 e. The highest BCUT2D eigenvalue weighted by Crippen LogP contribution is 2.34. The summed E-state index contributed by atoms with van der Waals surface area (Å²) in [7, 11) is 0. The molecule has 112 valence electrons. The second kappa shape index (κ2) is 5.82. The number of nitriles is 1. The van der Waals surface area contributed by atoms with Crippen molar-refractivity contribution in [3.63, 3.8) is 0 Å². The molecular weight excluding hydrogens is 282 g/mol. The second-order valence-corrected chi connectivity index (χ2v) is 4.85. The van der Waals surface area contributed by atoms with Crippen molar-refractivity contribution in [1.82, 2.24) is 9.88 Å². The van der Waals surface area contributed by atoms with Crippen LogP contribution in [0.4, 0.5) is 0 Å². The molecule has 3 rings (SSSR count). The maximum absolute atomic E-state index is 12.3. The summed E-state index contributed by atoms with van der Waals surface area (Å²) in [4.78, 5) is 12.3. The number of nitrogens with zero attached hydrogens (tertiary/aromatic N) is 2. The van der Waals surface area contributed by atoms with Gasteiger partial charge in [-0.2, -0.15) is 5.26 Å². The molecule has 1 aliphatic rings. The van der Waals surface area contributed by atoms with Crippen LogP contribution in [0.2, 0.25) is 0 Å². The fraction of sp³-hybridized carbons (Fsp3) is 0.250. The Morgan fingerprint density at radius 3 is 2.95 bits per heavy atom. The van der Waals surface area contributed by atoms with E-state index in [1.807, 2.05) is 13.0 Å². The van der Waals surface area contributed by atoms with Gasteiger partial charge in [0.2, 0.25) is 6.79 Å². The molecule has 1 aromatic carbocycles. The van der Waals surface area contributed by atoms with Crippen molar-refractivity contribution in [2.45, 2.75) is 13.3 Å².